The lowest BCUT2D eigenvalue weighted by atomic mass is 9.92. The first-order valence-electron chi connectivity index (χ1n) is 12.6. The topological polar surface area (TPSA) is 93.2 Å². The molecular weight excluding hydrogens is 511 g/mol. The van der Waals surface area contributed by atoms with Crippen LogP contribution in [0.2, 0.25) is 0 Å². The molecule has 2 aromatic heterocycles. The maximum Gasteiger partial charge on any atom is 0.573 e. The molecule has 4 aromatic rings. The number of alkyl halides is 3. The number of hydrogen-bond donors (Lipinski definition) is 2. The number of H-pyrrole nitrogens is 1. The van der Waals surface area contributed by atoms with E-state index >= 15 is 0 Å². The molecule has 39 heavy (non-hydrogen) atoms. The van der Waals surface area contributed by atoms with Gasteiger partial charge in [-0.2, -0.15) is 0 Å². The monoisotopic (exact) mass is 537 g/mol. The van der Waals surface area contributed by atoms with Crippen molar-refractivity contribution in [3.05, 3.63) is 92.5 Å². The fourth-order valence-electron chi connectivity index (χ4n) is 5.10. The zero-order chi connectivity index (χ0) is 27.9. The predicted octanol–water partition coefficient (Wildman–Crippen LogP) is 5.33. The minimum atomic E-state index is -4.81. The summed E-state index contributed by atoms with van der Waals surface area (Å²) in [4.78, 5) is 42.6. The van der Waals surface area contributed by atoms with Crippen LogP contribution in [-0.4, -0.2) is 34.1 Å². The van der Waals surface area contributed by atoms with Gasteiger partial charge in [-0.15, -0.1) is 13.2 Å². The normalized spacial score (nSPS) is 13.4. The second-order valence-electron chi connectivity index (χ2n) is 9.66. The molecule has 0 fully saturated rings. The smallest absolute Gasteiger partial charge is 0.406 e. The average Bonchev–Trinajstić information content (AvgIpc) is 3.18. The SMILES string of the molecule is Cc1ccc(-n2c3c(cc(C(=O)NCCc4c(C)[nH]c5ccc(OC(F)(F)F)cc45)c2=O)C(=O)CCC3)cc1. The molecule has 0 atom stereocenters. The number of carbonyl (C=O) groups excluding carboxylic acids is 2. The number of ketones is 1. The Labute approximate surface area is 221 Å². The van der Waals surface area contributed by atoms with Crippen molar-refractivity contribution >= 4 is 22.6 Å². The van der Waals surface area contributed by atoms with Gasteiger partial charge in [0.05, 0.1) is 0 Å². The predicted molar refractivity (Wildman–Crippen MR) is 140 cm³/mol. The third-order valence-electron chi connectivity index (χ3n) is 6.94. The number of benzene rings is 2. The van der Waals surface area contributed by atoms with Gasteiger partial charge in [-0.1, -0.05) is 17.7 Å². The van der Waals surface area contributed by atoms with Crippen molar-refractivity contribution in [1.82, 2.24) is 14.9 Å². The van der Waals surface area contributed by atoms with Crippen molar-refractivity contribution in [2.24, 2.45) is 0 Å². The fraction of sp³-hybridized carbons (Fsp3) is 0.276. The number of fused-ring (bicyclic) bond motifs is 2. The van der Waals surface area contributed by atoms with Crippen LogP contribution in [0.1, 0.15) is 56.1 Å². The lowest BCUT2D eigenvalue weighted by Crippen LogP contribution is -2.36. The van der Waals surface area contributed by atoms with Gasteiger partial charge < -0.3 is 15.0 Å². The number of amides is 1. The standard InChI is InChI=1S/C29H26F3N3O4/c1-16-6-8-18(9-7-16)35-25-4-3-5-26(36)22(25)15-23(28(35)38)27(37)33-13-12-20-17(2)34-24-11-10-19(14-21(20)24)39-29(30,31)32/h6-11,14-15,34H,3-5,12-13H2,1-2H3,(H,33,37). The fourth-order valence-corrected chi connectivity index (χ4v) is 5.10. The first-order chi connectivity index (χ1) is 18.5. The van der Waals surface area contributed by atoms with Gasteiger partial charge in [0.1, 0.15) is 11.3 Å². The summed E-state index contributed by atoms with van der Waals surface area (Å²) in [6, 6.07) is 12.7. The van der Waals surface area contributed by atoms with Crippen molar-refractivity contribution in [3.63, 3.8) is 0 Å². The van der Waals surface area contributed by atoms with E-state index in [1.54, 1.807) is 19.1 Å². The van der Waals surface area contributed by atoms with Gasteiger partial charge in [0, 0.05) is 46.5 Å². The largest absolute Gasteiger partial charge is 0.573 e. The van der Waals surface area contributed by atoms with E-state index in [1.807, 2.05) is 19.1 Å². The Morgan fingerprint density at radius 3 is 2.51 bits per heavy atom. The molecule has 5 rings (SSSR count). The van der Waals surface area contributed by atoms with Crippen LogP contribution in [0.3, 0.4) is 0 Å². The molecule has 2 aromatic carbocycles. The van der Waals surface area contributed by atoms with Crippen LogP contribution in [0.4, 0.5) is 13.2 Å². The van der Waals surface area contributed by atoms with Crippen molar-refractivity contribution in [2.75, 3.05) is 6.54 Å². The van der Waals surface area contributed by atoms with Crippen molar-refractivity contribution in [3.8, 4) is 11.4 Å². The molecule has 0 unspecified atom stereocenters. The number of halogens is 3. The summed E-state index contributed by atoms with van der Waals surface area (Å²) in [6.45, 7) is 3.83. The molecule has 202 valence electrons. The summed E-state index contributed by atoms with van der Waals surface area (Å²) in [5, 5.41) is 3.29. The van der Waals surface area contributed by atoms with Crippen molar-refractivity contribution in [2.45, 2.75) is 45.9 Å². The Bertz CT molecular complexity index is 1650. The Morgan fingerprint density at radius 1 is 1.05 bits per heavy atom. The number of rotatable bonds is 6. The molecule has 1 aliphatic rings. The van der Waals surface area contributed by atoms with E-state index < -0.39 is 17.8 Å². The van der Waals surface area contributed by atoms with E-state index in [4.69, 9.17) is 0 Å². The summed E-state index contributed by atoms with van der Waals surface area (Å²) >= 11 is 0. The Morgan fingerprint density at radius 2 is 1.79 bits per heavy atom. The van der Waals surface area contributed by atoms with Gasteiger partial charge in [-0.25, -0.2) is 0 Å². The number of ether oxygens (including phenoxy) is 1. The molecule has 2 N–H and O–H groups in total. The second-order valence-corrected chi connectivity index (χ2v) is 9.66. The quantitative estimate of drug-likeness (QED) is 0.348. The third kappa shape index (κ3) is 5.32. The van der Waals surface area contributed by atoms with E-state index in [2.05, 4.69) is 15.0 Å². The number of Topliss-reactive ketones (excluding diaryl/α,β-unsaturated/α-hetero) is 1. The first kappa shape index (κ1) is 26.3. The summed E-state index contributed by atoms with van der Waals surface area (Å²) in [6.07, 6.45) is -2.99. The molecule has 1 amide bonds. The number of aromatic nitrogens is 2. The van der Waals surface area contributed by atoms with Gasteiger partial charge in [0.2, 0.25) is 0 Å². The third-order valence-corrected chi connectivity index (χ3v) is 6.94. The van der Waals surface area contributed by atoms with Crippen LogP contribution < -0.4 is 15.6 Å². The average molecular weight is 538 g/mol. The van der Waals surface area contributed by atoms with Crippen LogP contribution in [0.15, 0.2) is 53.3 Å². The Hall–Kier alpha value is -4.34. The first-order valence-corrected chi connectivity index (χ1v) is 12.6. The van der Waals surface area contributed by atoms with Crippen LogP contribution >= 0.6 is 0 Å². The number of aromatic amines is 1. The maximum absolute atomic E-state index is 13.5. The second kappa shape index (κ2) is 10.1. The molecule has 0 spiro atoms. The van der Waals surface area contributed by atoms with E-state index in [1.165, 1.54) is 28.8 Å². The Balaban J connectivity index is 1.42. The number of aryl methyl sites for hydroxylation is 2. The Kier molecular flexibility index (Phi) is 6.80. The molecule has 0 bridgehead atoms. The van der Waals surface area contributed by atoms with Gasteiger partial charge in [0.25, 0.3) is 11.5 Å². The summed E-state index contributed by atoms with van der Waals surface area (Å²) in [7, 11) is 0. The van der Waals surface area contributed by atoms with E-state index in [9.17, 15) is 27.6 Å². The minimum absolute atomic E-state index is 0.113. The number of hydrogen-bond acceptors (Lipinski definition) is 4. The van der Waals surface area contributed by atoms with Crippen LogP contribution in [-0.2, 0) is 12.8 Å². The molecule has 7 nitrogen and oxygen atoms in total. The van der Waals surface area contributed by atoms with Gasteiger partial charge in [-0.3, -0.25) is 19.0 Å². The summed E-state index contributed by atoms with van der Waals surface area (Å²) < 4.78 is 43.6. The molecule has 0 saturated carbocycles. The number of nitrogens with zero attached hydrogens (tertiary/aromatic N) is 1. The highest BCUT2D eigenvalue weighted by atomic mass is 19.4. The van der Waals surface area contributed by atoms with Crippen molar-refractivity contribution in [1.29, 1.82) is 0 Å². The van der Waals surface area contributed by atoms with Gasteiger partial charge >= 0.3 is 6.36 Å². The maximum atomic E-state index is 13.5. The lowest BCUT2D eigenvalue weighted by Gasteiger charge is -2.21. The highest BCUT2D eigenvalue weighted by Crippen LogP contribution is 2.30. The van der Waals surface area contributed by atoms with Gasteiger partial charge in [-0.05, 0) is 75.1 Å². The lowest BCUT2D eigenvalue weighted by molar-refractivity contribution is -0.274. The van der Waals surface area contributed by atoms with E-state index in [0.717, 1.165) is 16.8 Å². The number of nitrogens with one attached hydrogen (secondary N) is 2. The summed E-state index contributed by atoms with van der Waals surface area (Å²) in [5.41, 5.74) is 4.01. The van der Waals surface area contributed by atoms with Gasteiger partial charge in [0.15, 0.2) is 5.78 Å². The molecular formula is C29H26F3N3O4. The zero-order valence-corrected chi connectivity index (χ0v) is 21.4. The van der Waals surface area contributed by atoms with Crippen LogP contribution in [0.25, 0.3) is 16.6 Å². The highest BCUT2D eigenvalue weighted by molar-refractivity contribution is 6.02. The molecule has 10 heteroatoms. The molecule has 1 aliphatic carbocycles. The van der Waals surface area contributed by atoms with E-state index in [-0.39, 0.29) is 23.6 Å². The van der Waals surface area contributed by atoms with Crippen LogP contribution in [0.5, 0.6) is 5.75 Å². The molecule has 0 radical (unpaired) electrons. The van der Waals surface area contributed by atoms with E-state index in [0.29, 0.717) is 53.5 Å². The highest BCUT2D eigenvalue weighted by Gasteiger charge is 2.31. The zero-order valence-electron chi connectivity index (χ0n) is 21.4. The molecule has 0 aliphatic heterocycles. The van der Waals surface area contributed by atoms with Crippen molar-refractivity contribution < 1.29 is 27.5 Å². The number of carbonyl (C=O) groups is 2. The number of pyridine rings is 1. The van der Waals surface area contributed by atoms with Crippen LogP contribution in [0, 0.1) is 13.8 Å². The summed E-state index contributed by atoms with van der Waals surface area (Å²) in [5.74, 6) is -1.08. The minimum Gasteiger partial charge on any atom is -0.406 e. The molecule has 0 saturated heterocycles. The molecule has 2 heterocycles.